The van der Waals surface area contributed by atoms with E-state index in [-0.39, 0.29) is 5.69 Å². The lowest BCUT2D eigenvalue weighted by atomic mass is 10.1. The average molecular weight is 428 g/mol. The molecule has 0 radical (unpaired) electrons. The van der Waals surface area contributed by atoms with Crippen LogP contribution < -0.4 is 4.74 Å². The van der Waals surface area contributed by atoms with Crippen molar-refractivity contribution in [1.29, 1.82) is 0 Å². The lowest BCUT2D eigenvalue weighted by Crippen LogP contribution is -1.93. The van der Waals surface area contributed by atoms with Crippen LogP contribution in [0.25, 0.3) is 28.4 Å². The molecular weight excluding hydrogens is 412 g/mol. The second-order valence-electron chi connectivity index (χ2n) is 6.79. The number of imidazole rings is 1. The molecule has 0 aliphatic rings. The third kappa shape index (κ3) is 3.41. The third-order valence-electron chi connectivity index (χ3n) is 4.87. The minimum atomic E-state index is -0.470. The first-order chi connectivity index (χ1) is 15.6. The fourth-order valence-electron chi connectivity index (χ4n) is 3.37. The normalized spacial score (nSPS) is 11.4. The molecule has 0 fully saturated rings. The van der Waals surface area contributed by atoms with Crippen molar-refractivity contribution < 1.29 is 18.5 Å². The number of pyridine rings is 1. The molecule has 0 saturated heterocycles. The lowest BCUT2D eigenvalue weighted by Gasteiger charge is -2.03. The zero-order chi connectivity index (χ0) is 22.1. The standard InChI is InChI=1S/C23H16N4O5/c1-30-15-7-9-17(18(13-15)27(28)29)19-10-8-16(32-19)14-24-23-22(20-5-4-12-31-20)25-21-6-2-3-11-26(21)23/h2-14H,1H3. The van der Waals surface area contributed by atoms with Crippen molar-refractivity contribution in [1.82, 2.24) is 9.38 Å². The van der Waals surface area contributed by atoms with Gasteiger partial charge in [0, 0.05) is 6.20 Å². The molecule has 0 spiro atoms. The topological polar surface area (TPSA) is 108 Å². The highest BCUT2D eigenvalue weighted by molar-refractivity contribution is 5.83. The van der Waals surface area contributed by atoms with Crippen molar-refractivity contribution in [3.8, 4) is 28.5 Å². The van der Waals surface area contributed by atoms with E-state index in [0.29, 0.717) is 40.1 Å². The molecule has 158 valence electrons. The maximum atomic E-state index is 11.5. The molecule has 32 heavy (non-hydrogen) atoms. The Morgan fingerprint density at radius 3 is 2.81 bits per heavy atom. The van der Waals surface area contributed by atoms with Crippen LogP contribution in [0, 0.1) is 10.1 Å². The molecule has 4 heterocycles. The second kappa shape index (κ2) is 7.88. The summed E-state index contributed by atoms with van der Waals surface area (Å²) in [6, 6.07) is 17.2. The molecule has 0 unspecified atom stereocenters. The van der Waals surface area contributed by atoms with Gasteiger partial charge in [0.15, 0.2) is 17.3 Å². The molecule has 4 aromatic heterocycles. The molecule has 0 bridgehead atoms. The smallest absolute Gasteiger partial charge is 0.284 e. The number of fused-ring (bicyclic) bond motifs is 1. The molecule has 1 aromatic carbocycles. The fourth-order valence-corrected chi connectivity index (χ4v) is 3.37. The van der Waals surface area contributed by atoms with Crippen LogP contribution in [0.3, 0.4) is 0 Å². The first-order valence-corrected chi connectivity index (χ1v) is 9.62. The van der Waals surface area contributed by atoms with Crippen LogP contribution in [0.4, 0.5) is 11.5 Å². The lowest BCUT2D eigenvalue weighted by molar-refractivity contribution is -0.384. The third-order valence-corrected chi connectivity index (χ3v) is 4.87. The Hall–Kier alpha value is -4.66. The van der Waals surface area contributed by atoms with Crippen LogP contribution in [0.15, 0.2) is 87.0 Å². The number of hydrogen-bond donors (Lipinski definition) is 0. The van der Waals surface area contributed by atoms with E-state index in [0.717, 1.165) is 5.65 Å². The van der Waals surface area contributed by atoms with Gasteiger partial charge in [-0.3, -0.25) is 14.5 Å². The summed E-state index contributed by atoms with van der Waals surface area (Å²) in [5, 5.41) is 11.5. The maximum Gasteiger partial charge on any atom is 0.284 e. The zero-order valence-corrected chi connectivity index (χ0v) is 16.8. The van der Waals surface area contributed by atoms with Crippen LogP contribution >= 0.6 is 0 Å². The van der Waals surface area contributed by atoms with Gasteiger partial charge in [0.05, 0.1) is 36.1 Å². The van der Waals surface area contributed by atoms with Gasteiger partial charge in [0.25, 0.3) is 5.69 Å². The number of nitro benzene ring substituents is 1. The molecule has 0 saturated carbocycles. The van der Waals surface area contributed by atoms with Gasteiger partial charge in [-0.2, -0.15) is 0 Å². The number of aromatic nitrogens is 2. The van der Waals surface area contributed by atoms with Gasteiger partial charge in [-0.15, -0.1) is 0 Å². The summed E-state index contributed by atoms with van der Waals surface area (Å²) in [7, 11) is 1.46. The SMILES string of the molecule is COc1ccc(-c2ccc(C=Nc3c(-c4ccco4)nc4ccccn34)o2)c([N+](=O)[O-])c1. The van der Waals surface area contributed by atoms with Crippen LogP contribution in [-0.2, 0) is 0 Å². The summed E-state index contributed by atoms with van der Waals surface area (Å²) in [6.07, 6.45) is 4.98. The zero-order valence-electron chi connectivity index (χ0n) is 16.8. The largest absolute Gasteiger partial charge is 0.497 e. The quantitative estimate of drug-likeness (QED) is 0.200. The molecule has 9 heteroatoms. The van der Waals surface area contributed by atoms with Crippen LogP contribution in [0.5, 0.6) is 5.75 Å². The molecule has 0 N–H and O–H groups in total. The van der Waals surface area contributed by atoms with Crippen molar-refractivity contribution in [3.63, 3.8) is 0 Å². The summed E-state index contributed by atoms with van der Waals surface area (Å²) in [6.45, 7) is 0. The first kappa shape index (κ1) is 19.3. The highest BCUT2D eigenvalue weighted by Crippen LogP contribution is 2.35. The predicted molar refractivity (Wildman–Crippen MR) is 117 cm³/mol. The summed E-state index contributed by atoms with van der Waals surface area (Å²) in [4.78, 5) is 20.2. The Morgan fingerprint density at radius 2 is 2.03 bits per heavy atom. The molecule has 0 aliphatic heterocycles. The number of nitro groups is 1. The van der Waals surface area contributed by atoms with Gasteiger partial charge in [-0.1, -0.05) is 6.07 Å². The van der Waals surface area contributed by atoms with Crippen LogP contribution in [0.1, 0.15) is 5.76 Å². The summed E-state index contributed by atoms with van der Waals surface area (Å²) in [5.74, 6) is 2.34. The van der Waals surface area contributed by atoms with E-state index in [9.17, 15) is 10.1 Å². The Kier molecular flexibility index (Phi) is 4.75. The minimum Gasteiger partial charge on any atom is -0.497 e. The minimum absolute atomic E-state index is 0.107. The fraction of sp³-hybridized carbons (Fsp3) is 0.0435. The summed E-state index contributed by atoms with van der Waals surface area (Å²) in [5.41, 5.74) is 1.56. The van der Waals surface area contributed by atoms with Gasteiger partial charge < -0.3 is 13.6 Å². The van der Waals surface area contributed by atoms with Gasteiger partial charge in [0.2, 0.25) is 0 Å². The molecular formula is C23H16N4O5. The second-order valence-corrected chi connectivity index (χ2v) is 6.79. The number of hydrogen-bond acceptors (Lipinski definition) is 7. The van der Waals surface area contributed by atoms with Crippen LogP contribution in [0.2, 0.25) is 0 Å². The number of methoxy groups -OCH3 is 1. The van der Waals surface area contributed by atoms with Crippen LogP contribution in [-0.4, -0.2) is 27.6 Å². The van der Waals surface area contributed by atoms with E-state index in [2.05, 4.69) is 9.98 Å². The van der Waals surface area contributed by atoms with E-state index in [1.807, 2.05) is 34.9 Å². The van der Waals surface area contributed by atoms with Crippen molar-refractivity contribution in [2.24, 2.45) is 4.99 Å². The van der Waals surface area contributed by atoms with Crippen molar-refractivity contribution in [2.75, 3.05) is 7.11 Å². The highest BCUT2D eigenvalue weighted by atomic mass is 16.6. The number of furan rings is 2. The number of rotatable bonds is 6. The van der Waals surface area contributed by atoms with E-state index in [1.165, 1.54) is 13.2 Å². The average Bonchev–Trinajstić information content (AvgIpc) is 3.56. The number of nitrogens with zero attached hydrogens (tertiary/aromatic N) is 4. The summed E-state index contributed by atoms with van der Waals surface area (Å²) >= 11 is 0. The monoisotopic (exact) mass is 428 g/mol. The Labute approximate surface area is 181 Å². The highest BCUT2D eigenvalue weighted by Gasteiger charge is 2.20. The molecule has 0 atom stereocenters. The first-order valence-electron chi connectivity index (χ1n) is 9.62. The van der Waals surface area contributed by atoms with Crippen molar-refractivity contribution in [2.45, 2.75) is 0 Å². The van der Waals surface area contributed by atoms with E-state index < -0.39 is 4.92 Å². The number of ether oxygens (including phenoxy) is 1. The van der Waals surface area contributed by atoms with Gasteiger partial charge in [-0.05, 0) is 48.5 Å². The van der Waals surface area contributed by atoms with E-state index in [1.54, 1.807) is 42.8 Å². The Balaban J connectivity index is 1.53. The molecule has 5 aromatic rings. The van der Waals surface area contributed by atoms with E-state index >= 15 is 0 Å². The molecule has 0 aliphatic carbocycles. The number of aliphatic imine (C=N–C) groups is 1. The summed E-state index contributed by atoms with van der Waals surface area (Å²) < 4.78 is 18.3. The van der Waals surface area contributed by atoms with Gasteiger partial charge in [-0.25, -0.2) is 9.98 Å². The van der Waals surface area contributed by atoms with Crippen molar-refractivity contribution >= 4 is 23.4 Å². The maximum absolute atomic E-state index is 11.5. The number of benzene rings is 1. The van der Waals surface area contributed by atoms with Gasteiger partial charge in [0.1, 0.15) is 22.9 Å². The Bertz CT molecular complexity index is 1450. The Morgan fingerprint density at radius 1 is 1.12 bits per heavy atom. The van der Waals surface area contributed by atoms with E-state index in [4.69, 9.17) is 13.6 Å². The van der Waals surface area contributed by atoms with Gasteiger partial charge >= 0.3 is 0 Å². The predicted octanol–water partition coefficient (Wildman–Crippen LogP) is 5.52. The van der Waals surface area contributed by atoms with Crippen molar-refractivity contribution in [3.05, 3.63) is 89.0 Å². The molecule has 0 amide bonds. The molecule has 9 nitrogen and oxygen atoms in total. The molecule has 5 rings (SSSR count).